The molecule has 14 heteroatoms. The number of fused-ring (bicyclic) bond motifs is 1. The zero-order valence-electron chi connectivity index (χ0n) is 25.4. The van der Waals surface area contributed by atoms with E-state index in [4.69, 9.17) is 38.4 Å². The van der Waals surface area contributed by atoms with Gasteiger partial charge in [-0.1, -0.05) is 34.2 Å². The van der Waals surface area contributed by atoms with Crippen molar-refractivity contribution in [3.63, 3.8) is 0 Å². The van der Waals surface area contributed by atoms with E-state index in [-0.39, 0.29) is 5.91 Å². The number of hydrogen-bond acceptors (Lipinski definition) is 9. The van der Waals surface area contributed by atoms with Crippen molar-refractivity contribution in [2.75, 3.05) is 38.7 Å². The van der Waals surface area contributed by atoms with Gasteiger partial charge in [0.1, 0.15) is 11.4 Å². The molecular weight excluding hydrogens is 621 g/mol. The number of amidine groups is 1. The summed E-state index contributed by atoms with van der Waals surface area (Å²) >= 11 is 12.9. The summed E-state index contributed by atoms with van der Waals surface area (Å²) in [7, 11) is 1.49. The molecule has 1 fully saturated rings. The van der Waals surface area contributed by atoms with Gasteiger partial charge >= 0.3 is 6.09 Å². The molecule has 3 aliphatic rings. The Bertz CT molecular complexity index is 1570. The zero-order valence-corrected chi connectivity index (χ0v) is 26.9. The number of anilines is 1. The third kappa shape index (κ3) is 7.03. The Morgan fingerprint density at radius 2 is 1.73 bits per heavy atom. The number of ether oxygens (including phenoxy) is 2. The number of piperazine rings is 1. The van der Waals surface area contributed by atoms with Gasteiger partial charge in [-0.15, -0.1) is 0 Å². The summed E-state index contributed by atoms with van der Waals surface area (Å²) in [4.78, 5) is 48.0. The predicted molar refractivity (Wildman–Crippen MR) is 172 cm³/mol. The molecule has 1 atom stereocenters. The Morgan fingerprint density at radius 1 is 1.07 bits per heavy atom. The van der Waals surface area contributed by atoms with Crippen LogP contribution in [0.25, 0.3) is 0 Å². The average molecular weight is 657 g/mol. The van der Waals surface area contributed by atoms with Gasteiger partial charge in [-0.2, -0.15) is 4.99 Å². The lowest BCUT2D eigenvalue weighted by Gasteiger charge is -2.35. The Kier molecular flexibility index (Phi) is 9.28. The molecule has 1 saturated heterocycles. The van der Waals surface area contributed by atoms with Crippen LogP contribution in [0.3, 0.4) is 0 Å². The third-order valence-electron chi connectivity index (χ3n) is 7.40. The highest BCUT2D eigenvalue weighted by atomic mass is 35.5. The Labute approximate surface area is 271 Å². The minimum absolute atomic E-state index is 0.197. The molecule has 3 aliphatic heterocycles. The number of amides is 3. The standard InChI is InChI=1S/C31H35Cl2N7O5/c1-31(2,3)45-30(43)38-14-12-37(13-15-38)29(42)19-8-9-24(25(16-19)44-4)36-40-18-20(17-21-22(32)6-5-7-23(21)33)39-11-10-35-28(39)26(40)27(34)41/h5-11,16,18,26,36H,12-15,17H2,1-4H3,(H2,34,41)/q+1. The zero-order chi connectivity index (χ0) is 32.5. The van der Waals surface area contributed by atoms with E-state index in [0.717, 1.165) is 11.3 Å². The van der Waals surface area contributed by atoms with Crippen LogP contribution in [0.4, 0.5) is 10.5 Å². The van der Waals surface area contributed by atoms with E-state index in [1.54, 1.807) is 74.7 Å². The van der Waals surface area contributed by atoms with Gasteiger partial charge < -0.3 is 25.0 Å². The van der Waals surface area contributed by atoms with Gasteiger partial charge in [0, 0.05) is 41.8 Å². The van der Waals surface area contributed by atoms with Crippen LogP contribution in [0.1, 0.15) is 36.7 Å². The molecule has 0 aromatic heterocycles. The van der Waals surface area contributed by atoms with Crippen molar-refractivity contribution in [3.8, 4) is 5.75 Å². The van der Waals surface area contributed by atoms with Crippen LogP contribution < -0.4 is 20.8 Å². The molecule has 0 spiro atoms. The summed E-state index contributed by atoms with van der Waals surface area (Å²) in [6.45, 7) is 6.91. The van der Waals surface area contributed by atoms with Gasteiger partial charge in [0.25, 0.3) is 17.6 Å². The molecule has 45 heavy (non-hydrogen) atoms. The van der Waals surface area contributed by atoms with E-state index in [1.807, 2.05) is 20.8 Å². The molecule has 12 nitrogen and oxygen atoms in total. The number of rotatable bonds is 7. The summed E-state index contributed by atoms with van der Waals surface area (Å²) in [5.74, 6) is -0.0451. The summed E-state index contributed by atoms with van der Waals surface area (Å²) in [5, 5.41) is 2.57. The summed E-state index contributed by atoms with van der Waals surface area (Å²) < 4.78 is 11.1. The number of hydrogen-bond donors (Lipinski definition) is 2. The molecule has 1 radical (unpaired) electrons. The minimum Gasteiger partial charge on any atom is -0.494 e. The van der Waals surface area contributed by atoms with E-state index in [2.05, 4.69) is 10.4 Å². The molecular formula is C31H35Cl2N7O5+. The Morgan fingerprint density at radius 3 is 2.36 bits per heavy atom. The number of hydrazine groups is 1. The fourth-order valence-electron chi connectivity index (χ4n) is 5.21. The van der Waals surface area contributed by atoms with Gasteiger partial charge in [0.05, 0.1) is 31.6 Å². The highest BCUT2D eigenvalue weighted by molar-refractivity contribution is 6.36. The second kappa shape index (κ2) is 13.0. The number of nitrogens with zero attached hydrogens (tertiary/aromatic N) is 5. The molecule has 3 amide bonds. The molecule has 2 aromatic carbocycles. The first-order valence-electron chi connectivity index (χ1n) is 14.3. The number of benzene rings is 2. The molecule has 237 valence electrons. The van der Waals surface area contributed by atoms with Crippen molar-refractivity contribution in [1.82, 2.24) is 19.7 Å². The molecule has 0 bridgehead atoms. The lowest BCUT2D eigenvalue weighted by Crippen LogP contribution is -2.58. The van der Waals surface area contributed by atoms with E-state index >= 15 is 0 Å². The third-order valence-corrected chi connectivity index (χ3v) is 8.10. The molecule has 2 aromatic rings. The van der Waals surface area contributed by atoms with E-state index in [1.165, 1.54) is 7.11 Å². The monoisotopic (exact) mass is 655 g/mol. The number of carbonyl (C=O) groups excluding carboxylic acids is 3. The second-order valence-electron chi connectivity index (χ2n) is 11.7. The number of nitrogens with two attached hydrogens (primary N) is 1. The minimum atomic E-state index is -0.960. The van der Waals surface area contributed by atoms with Gasteiger partial charge in [0.15, 0.2) is 11.9 Å². The molecule has 1 unspecified atom stereocenters. The predicted octanol–water partition coefficient (Wildman–Crippen LogP) is 4.30. The number of carbonyl (C=O) groups is 3. The normalized spacial score (nSPS) is 18.3. The summed E-state index contributed by atoms with van der Waals surface area (Å²) in [6, 6.07) is 9.33. The van der Waals surface area contributed by atoms with Crippen molar-refractivity contribution in [3.05, 3.63) is 81.9 Å². The number of aliphatic imine (C=N–C) groups is 1. The molecule has 5 rings (SSSR count). The number of nitrogens with one attached hydrogen (secondary N) is 1. The number of primary amides is 1. The van der Waals surface area contributed by atoms with Crippen LogP contribution in [-0.4, -0.2) is 83.5 Å². The fourth-order valence-corrected chi connectivity index (χ4v) is 5.74. The van der Waals surface area contributed by atoms with Gasteiger partial charge in [0.2, 0.25) is 6.04 Å². The van der Waals surface area contributed by atoms with Crippen LogP contribution >= 0.6 is 23.2 Å². The lowest BCUT2D eigenvalue weighted by molar-refractivity contribution is -0.120. The number of halogens is 2. The van der Waals surface area contributed by atoms with Gasteiger partial charge in [-0.25, -0.2) is 4.79 Å². The molecule has 0 aliphatic carbocycles. The summed E-state index contributed by atoms with van der Waals surface area (Å²) in [6.07, 6.45) is 5.02. The van der Waals surface area contributed by atoms with Crippen LogP contribution in [0.2, 0.25) is 10.0 Å². The topological polar surface area (TPSA) is 136 Å². The second-order valence-corrected chi connectivity index (χ2v) is 12.5. The Hall–Kier alpha value is -4.26. The quantitative estimate of drug-likeness (QED) is 0.425. The van der Waals surface area contributed by atoms with Crippen molar-refractivity contribution >= 4 is 52.6 Å². The first-order chi connectivity index (χ1) is 21.4. The van der Waals surface area contributed by atoms with Crippen molar-refractivity contribution in [1.29, 1.82) is 0 Å². The van der Waals surface area contributed by atoms with E-state index < -0.39 is 23.6 Å². The Balaban J connectivity index is 1.35. The number of methoxy groups -OCH3 is 1. The molecule has 3 N–H and O–H groups in total. The molecule has 0 saturated carbocycles. The van der Waals surface area contributed by atoms with Crippen LogP contribution in [0.15, 0.2) is 65.7 Å². The highest BCUT2D eigenvalue weighted by Crippen LogP contribution is 2.33. The SMILES string of the molecule is COc1cc(C(=O)N2CCN(C(=O)OC(C)(C)C)CC2)ccc1NN1C=C(Cc2c(Cl)cccc2Cl)[N+]2C=CN=C2C1C(N)=O. The van der Waals surface area contributed by atoms with Crippen molar-refractivity contribution in [2.24, 2.45) is 10.7 Å². The van der Waals surface area contributed by atoms with Crippen LogP contribution in [-0.2, 0) is 16.0 Å². The van der Waals surface area contributed by atoms with Crippen molar-refractivity contribution in [2.45, 2.75) is 38.8 Å². The smallest absolute Gasteiger partial charge is 0.410 e. The first kappa shape index (κ1) is 32.1. The van der Waals surface area contributed by atoms with Gasteiger partial charge in [-0.05, 0) is 56.7 Å². The maximum atomic E-state index is 13.4. The maximum absolute atomic E-state index is 13.4. The maximum Gasteiger partial charge on any atom is 0.410 e. The lowest BCUT2D eigenvalue weighted by atomic mass is 10.1. The van der Waals surface area contributed by atoms with E-state index in [9.17, 15) is 14.4 Å². The largest absolute Gasteiger partial charge is 0.494 e. The van der Waals surface area contributed by atoms with Gasteiger partial charge in [-0.3, -0.25) is 20.0 Å². The number of allylic oxidation sites excluding steroid dienone is 1. The molecule has 3 heterocycles. The van der Waals surface area contributed by atoms with Crippen LogP contribution in [0, 0.1) is 0 Å². The summed E-state index contributed by atoms with van der Waals surface area (Å²) in [5.41, 5.74) is 10.8. The fraction of sp³-hybridized carbons (Fsp3) is 0.355. The first-order valence-corrected chi connectivity index (χ1v) is 15.1. The van der Waals surface area contributed by atoms with E-state index in [0.29, 0.717) is 65.5 Å². The average Bonchev–Trinajstić information content (AvgIpc) is 3.48. The highest BCUT2D eigenvalue weighted by Gasteiger charge is 2.47. The van der Waals surface area contributed by atoms with Crippen LogP contribution in [0.5, 0.6) is 5.75 Å². The van der Waals surface area contributed by atoms with Crippen molar-refractivity contribution < 1.29 is 23.9 Å².